The number of nitrogens with one attached hydrogen (secondary N) is 1. The van der Waals surface area contributed by atoms with E-state index in [-0.39, 0.29) is 24.3 Å². The van der Waals surface area contributed by atoms with Crippen LogP contribution in [0.1, 0.15) is 35.8 Å². The normalized spacial score (nSPS) is 14.0. The summed E-state index contributed by atoms with van der Waals surface area (Å²) < 4.78 is 25.2. The molecule has 2 aromatic heterocycles. The van der Waals surface area contributed by atoms with E-state index in [2.05, 4.69) is 20.4 Å². The second kappa shape index (κ2) is 10.7. The number of amides is 1. The number of carbonyl (C=O) groups excluding carboxylic acids is 1. The fraction of sp³-hybridized carbons (Fsp3) is 0.259. The molecule has 198 valence electrons. The van der Waals surface area contributed by atoms with E-state index in [1.807, 2.05) is 37.3 Å². The number of hydrogen-bond donors (Lipinski definition) is 3. The molecule has 0 radical (unpaired) electrons. The number of benzene rings is 2. The van der Waals surface area contributed by atoms with E-state index in [4.69, 9.17) is 0 Å². The molecule has 3 N–H and O–H groups in total. The first-order valence-electron chi connectivity index (χ1n) is 11.9. The van der Waals surface area contributed by atoms with Crippen molar-refractivity contribution in [2.45, 2.75) is 31.2 Å². The quantitative estimate of drug-likeness (QED) is 0.296. The summed E-state index contributed by atoms with van der Waals surface area (Å²) in [6, 6.07) is 15.5. The van der Waals surface area contributed by atoms with Crippen molar-refractivity contribution in [1.82, 2.24) is 25.1 Å². The van der Waals surface area contributed by atoms with Gasteiger partial charge in [0.1, 0.15) is 17.8 Å². The van der Waals surface area contributed by atoms with Gasteiger partial charge >= 0.3 is 0 Å². The van der Waals surface area contributed by atoms with Crippen molar-refractivity contribution in [2.75, 3.05) is 12.8 Å². The Bertz CT molecular complexity index is 1550. The first kappa shape index (κ1) is 27.0. The fourth-order valence-corrected chi connectivity index (χ4v) is 4.75. The van der Waals surface area contributed by atoms with Crippen molar-refractivity contribution < 1.29 is 23.4 Å². The molecule has 0 aliphatic heterocycles. The molecule has 0 aliphatic rings. The number of sulfone groups is 1. The maximum absolute atomic E-state index is 12.7. The Morgan fingerprint density at radius 3 is 2.42 bits per heavy atom. The third-order valence-electron chi connectivity index (χ3n) is 6.48. The highest BCUT2D eigenvalue weighted by Gasteiger charge is 2.39. The molecule has 0 bridgehead atoms. The number of carbonyl (C=O) groups is 1. The van der Waals surface area contributed by atoms with Gasteiger partial charge in [-0.05, 0) is 37.6 Å². The Labute approximate surface area is 220 Å². The van der Waals surface area contributed by atoms with Crippen LogP contribution in [0.25, 0.3) is 22.4 Å². The Morgan fingerprint density at radius 2 is 1.76 bits per heavy atom. The summed E-state index contributed by atoms with van der Waals surface area (Å²) in [4.78, 5) is 21.1. The van der Waals surface area contributed by atoms with Crippen LogP contribution in [-0.4, -0.2) is 61.8 Å². The lowest BCUT2D eigenvalue weighted by Gasteiger charge is -2.30. The van der Waals surface area contributed by atoms with Gasteiger partial charge in [0.05, 0.1) is 22.2 Å². The molecule has 2 atom stereocenters. The predicted octanol–water partition coefficient (Wildman–Crippen LogP) is 3.14. The first-order valence-corrected chi connectivity index (χ1v) is 13.7. The summed E-state index contributed by atoms with van der Waals surface area (Å²) in [6.07, 6.45) is 4.50. The number of hydrogen-bond acceptors (Lipinski definition) is 8. The number of aromatic hydroxyl groups is 1. The largest absolute Gasteiger partial charge is 0.507 e. The van der Waals surface area contributed by atoms with E-state index in [9.17, 15) is 23.4 Å². The van der Waals surface area contributed by atoms with Crippen molar-refractivity contribution >= 4 is 15.7 Å². The standard InChI is InChI=1S/C27H29N5O5S/c1-18-28-13-12-23(31-18)20-10-8-19(9-11-20)21-15-30-32(16-21)25(34)14-27(2,38(3,36)37)17-29-26(35)22-6-4-5-7-24(22)33/h4-13,15-16,25,33-34H,14,17H2,1-3H3,(H,29,35). The number of aliphatic hydroxyl groups excluding tert-OH is 1. The van der Waals surface area contributed by atoms with Crippen LogP contribution < -0.4 is 5.32 Å². The highest BCUT2D eigenvalue weighted by molar-refractivity contribution is 7.92. The molecule has 2 heterocycles. The van der Waals surface area contributed by atoms with Gasteiger partial charge in [0.15, 0.2) is 9.84 Å². The molecule has 38 heavy (non-hydrogen) atoms. The van der Waals surface area contributed by atoms with E-state index < -0.39 is 26.7 Å². The molecule has 2 unspecified atom stereocenters. The van der Waals surface area contributed by atoms with Gasteiger partial charge in [-0.1, -0.05) is 36.4 Å². The van der Waals surface area contributed by atoms with Crippen molar-refractivity contribution in [3.05, 3.63) is 84.6 Å². The van der Waals surface area contributed by atoms with Gasteiger partial charge in [-0.2, -0.15) is 5.10 Å². The molecular weight excluding hydrogens is 506 g/mol. The zero-order valence-electron chi connectivity index (χ0n) is 21.2. The van der Waals surface area contributed by atoms with Crippen LogP contribution in [0.2, 0.25) is 0 Å². The summed E-state index contributed by atoms with van der Waals surface area (Å²) in [5, 5.41) is 27.6. The maximum atomic E-state index is 12.7. The third kappa shape index (κ3) is 5.90. The average molecular weight is 536 g/mol. The second-order valence-corrected chi connectivity index (χ2v) is 11.9. The lowest BCUT2D eigenvalue weighted by Crippen LogP contribution is -2.47. The van der Waals surface area contributed by atoms with E-state index in [0.29, 0.717) is 5.82 Å². The SMILES string of the molecule is Cc1nccc(-c2ccc(-c3cnn(C(O)CC(C)(CNC(=O)c4ccccc4O)S(C)(=O)=O)c3)cc2)n1. The Hall–Kier alpha value is -4.09. The van der Waals surface area contributed by atoms with Crippen LogP contribution in [0.3, 0.4) is 0 Å². The monoisotopic (exact) mass is 535 g/mol. The van der Waals surface area contributed by atoms with E-state index in [1.54, 1.807) is 30.7 Å². The highest BCUT2D eigenvalue weighted by atomic mass is 32.2. The molecule has 0 spiro atoms. The van der Waals surface area contributed by atoms with Crippen LogP contribution in [0.15, 0.2) is 73.2 Å². The lowest BCUT2D eigenvalue weighted by molar-refractivity contribution is 0.0689. The topological polar surface area (TPSA) is 147 Å². The van der Waals surface area contributed by atoms with Gasteiger partial charge in [0.2, 0.25) is 0 Å². The molecular formula is C27H29N5O5S. The molecule has 0 saturated heterocycles. The minimum Gasteiger partial charge on any atom is -0.507 e. The molecule has 4 aromatic rings. The summed E-state index contributed by atoms with van der Waals surface area (Å²) >= 11 is 0. The van der Waals surface area contributed by atoms with Gasteiger partial charge < -0.3 is 15.5 Å². The Morgan fingerprint density at radius 1 is 1.08 bits per heavy atom. The van der Waals surface area contributed by atoms with Crippen LogP contribution in [-0.2, 0) is 9.84 Å². The Balaban J connectivity index is 1.48. The number of para-hydroxylation sites is 1. The highest BCUT2D eigenvalue weighted by Crippen LogP contribution is 2.29. The van der Waals surface area contributed by atoms with Crippen LogP contribution >= 0.6 is 0 Å². The summed E-state index contributed by atoms with van der Waals surface area (Å²) in [5.41, 5.74) is 3.37. The summed E-state index contributed by atoms with van der Waals surface area (Å²) in [5.74, 6) is -0.148. The molecule has 0 aliphatic carbocycles. The van der Waals surface area contributed by atoms with E-state index >= 15 is 0 Å². The zero-order chi connectivity index (χ0) is 27.5. The Kier molecular flexibility index (Phi) is 7.61. The van der Waals surface area contributed by atoms with Gasteiger partial charge in [-0.3, -0.25) is 4.79 Å². The van der Waals surface area contributed by atoms with E-state index in [0.717, 1.165) is 28.6 Å². The molecule has 10 nitrogen and oxygen atoms in total. The number of aryl methyl sites for hydroxylation is 1. The molecule has 0 fully saturated rings. The van der Waals surface area contributed by atoms with Gasteiger partial charge in [0, 0.05) is 42.7 Å². The lowest BCUT2D eigenvalue weighted by atomic mass is 10.0. The average Bonchev–Trinajstić information content (AvgIpc) is 3.38. The second-order valence-electron chi connectivity index (χ2n) is 9.38. The van der Waals surface area contributed by atoms with Crippen LogP contribution in [0.5, 0.6) is 5.75 Å². The first-order chi connectivity index (χ1) is 18.0. The maximum Gasteiger partial charge on any atom is 0.255 e. The van der Waals surface area contributed by atoms with Crippen molar-refractivity contribution in [1.29, 1.82) is 0 Å². The zero-order valence-corrected chi connectivity index (χ0v) is 22.1. The third-order valence-corrected chi connectivity index (χ3v) is 8.58. The smallest absolute Gasteiger partial charge is 0.255 e. The minimum absolute atomic E-state index is 0.0292. The van der Waals surface area contributed by atoms with Crippen molar-refractivity contribution in [2.24, 2.45) is 0 Å². The molecule has 1 amide bonds. The predicted molar refractivity (Wildman–Crippen MR) is 143 cm³/mol. The van der Waals surface area contributed by atoms with Crippen molar-refractivity contribution in [3.8, 4) is 28.1 Å². The number of aliphatic hydroxyl groups is 1. The summed E-state index contributed by atoms with van der Waals surface area (Å²) in [7, 11) is -3.72. The van der Waals surface area contributed by atoms with Gasteiger partial charge in [-0.15, -0.1) is 0 Å². The molecule has 11 heteroatoms. The minimum atomic E-state index is -3.72. The van der Waals surface area contributed by atoms with Crippen molar-refractivity contribution in [3.63, 3.8) is 0 Å². The molecule has 2 aromatic carbocycles. The number of phenols is 1. The number of phenolic OH excluding ortho intramolecular Hbond substituents is 1. The number of rotatable bonds is 9. The molecule has 0 saturated carbocycles. The summed E-state index contributed by atoms with van der Waals surface area (Å²) in [6.45, 7) is 3.01. The number of aromatic nitrogens is 4. The van der Waals surface area contributed by atoms with Crippen LogP contribution in [0.4, 0.5) is 0 Å². The van der Waals surface area contributed by atoms with Gasteiger partial charge in [0.25, 0.3) is 5.91 Å². The van der Waals surface area contributed by atoms with Gasteiger partial charge in [-0.25, -0.2) is 23.1 Å². The van der Waals surface area contributed by atoms with E-state index in [1.165, 1.54) is 23.7 Å². The molecule has 4 rings (SSSR count). The fourth-order valence-electron chi connectivity index (χ4n) is 3.96. The number of nitrogens with zero attached hydrogens (tertiary/aromatic N) is 4. The van der Waals surface area contributed by atoms with Crippen LogP contribution in [0, 0.1) is 6.92 Å².